The molecule has 1 aromatic heterocycles. The van der Waals surface area contributed by atoms with Gasteiger partial charge < -0.3 is 4.74 Å². The van der Waals surface area contributed by atoms with Crippen LogP contribution in [-0.4, -0.2) is 32.1 Å². The summed E-state index contributed by atoms with van der Waals surface area (Å²) in [6.45, 7) is 6.06. The first-order chi connectivity index (χ1) is 13.7. The summed E-state index contributed by atoms with van der Waals surface area (Å²) in [6, 6.07) is 15.2. The normalized spacial score (nSPS) is 11.5. The van der Waals surface area contributed by atoms with Crippen molar-refractivity contribution < 1.29 is 9.53 Å². The molecule has 0 radical (unpaired) electrons. The Hall–Kier alpha value is -2.02. The van der Waals surface area contributed by atoms with Gasteiger partial charge in [0.2, 0.25) is 0 Å². The number of hydrogen-bond donors (Lipinski definition) is 0. The Labute approximate surface area is 184 Å². The average molecular weight is 450 g/mol. The van der Waals surface area contributed by atoms with Gasteiger partial charge in [0.1, 0.15) is 5.60 Å². The van der Waals surface area contributed by atoms with Crippen molar-refractivity contribution in [3.05, 3.63) is 64.1 Å². The van der Waals surface area contributed by atoms with Gasteiger partial charge in [-0.15, -0.1) is 10.2 Å². The number of nitrogens with zero attached hydrogens (tertiary/aromatic N) is 3. The van der Waals surface area contributed by atoms with E-state index >= 15 is 0 Å². The Morgan fingerprint density at radius 1 is 1.10 bits per heavy atom. The Bertz CT molecular complexity index is 1000. The van der Waals surface area contributed by atoms with E-state index in [1.54, 1.807) is 12.1 Å². The molecule has 0 spiro atoms. The predicted octanol–water partition coefficient (Wildman–Crippen LogP) is 5.73. The minimum atomic E-state index is -0.530. The Balaban J connectivity index is 1.92. The highest BCUT2D eigenvalue weighted by Gasteiger charge is 2.20. The summed E-state index contributed by atoms with van der Waals surface area (Å²) >= 11 is 13.7. The molecule has 2 aromatic carbocycles. The molecule has 3 aromatic rings. The zero-order valence-electron chi connectivity index (χ0n) is 16.4. The van der Waals surface area contributed by atoms with Crippen molar-refractivity contribution in [1.82, 2.24) is 14.8 Å². The first-order valence-electron chi connectivity index (χ1n) is 9.00. The largest absolute Gasteiger partial charge is 0.459 e. The number of ether oxygens (including phenoxy) is 1. The second-order valence-electron chi connectivity index (χ2n) is 7.38. The highest BCUT2D eigenvalue weighted by Crippen LogP contribution is 2.32. The van der Waals surface area contributed by atoms with Crippen LogP contribution in [0.5, 0.6) is 0 Å². The summed E-state index contributed by atoms with van der Waals surface area (Å²) < 4.78 is 7.33. The summed E-state index contributed by atoms with van der Waals surface area (Å²) in [5.41, 5.74) is 1.28. The average Bonchev–Trinajstić information content (AvgIpc) is 3.02. The van der Waals surface area contributed by atoms with E-state index in [1.165, 1.54) is 11.8 Å². The van der Waals surface area contributed by atoms with E-state index in [0.29, 0.717) is 27.6 Å². The Morgan fingerprint density at radius 3 is 2.48 bits per heavy atom. The van der Waals surface area contributed by atoms with Crippen LogP contribution in [0.4, 0.5) is 0 Å². The van der Waals surface area contributed by atoms with Crippen molar-refractivity contribution in [1.29, 1.82) is 0 Å². The van der Waals surface area contributed by atoms with Gasteiger partial charge in [-0.2, -0.15) is 0 Å². The summed E-state index contributed by atoms with van der Waals surface area (Å²) in [6.07, 6.45) is 0. The van der Waals surface area contributed by atoms with Gasteiger partial charge in [0.05, 0.1) is 17.3 Å². The van der Waals surface area contributed by atoms with E-state index in [0.717, 1.165) is 11.1 Å². The quantitative estimate of drug-likeness (QED) is 0.354. The van der Waals surface area contributed by atoms with Crippen molar-refractivity contribution in [2.24, 2.45) is 0 Å². The van der Waals surface area contributed by atoms with Gasteiger partial charge in [0.15, 0.2) is 11.0 Å². The monoisotopic (exact) mass is 449 g/mol. The first-order valence-corrected chi connectivity index (χ1v) is 10.7. The molecule has 0 aliphatic heterocycles. The third kappa shape index (κ3) is 5.98. The Kier molecular flexibility index (Phi) is 6.88. The van der Waals surface area contributed by atoms with Gasteiger partial charge in [0.25, 0.3) is 0 Å². The van der Waals surface area contributed by atoms with E-state index in [-0.39, 0.29) is 11.7 Å². The third-order valence-corrected chi connectivity index (χ3v) is 5.30. The second kappa shape index (κ2) is 9.20. The van der Waals surface area contributed by atoms with Crippen LogP contribution < -0.4 is 0 Å². The Morgan fingerprint density at radius 2 is 1.83 bits per heavy atom. The fraction of sp³-hybridized carbons (Fsp3) is 0.286. The molecule has 0 amide bonds. The number of carbonyl (C=O) groups excluding carboxylic acids is 1. The molecular weight excluding hydrogens is 429 g/mol. The number of carbonyl (C=O) groups is 1. The van der Waals surface area contributed by atoms with Gasteiger partial charge in [-0.05, 0) is 44.5 Å². The summed E-state index contributed by atoms with van der Waals surface area (Å²) in [4.78, 5) is 12.1. The topological polar surface area (TPSA) is 57.0 Å². The highest BCUT2D eigenvalue weighted by atomic mass is 35.5. The minimum Gasteiger partial charge on any atom is -0.459 e. The molecule has 3 rings (SSSR count). The number of rotatable bonds is 6. The van der Waals surface area contributed by atoms with Crippen LogP contribution in [0.1, 0.15) is 26.3 Å². The summed E-state index contributed by atoms with van der Waals surface area (Å²) in [5, 5.41) is 10.3. The molecule has 0 N–H and O–H groups in total. The molecule has 0 saturated carbocycles. The van der Waals surface area contributed by atoms with Crippen LogP contribution in [-0.2, 0) is 16.1 Å². The lowest BCUT2D eigenvalue weighted by Gasteiger charge is -2.19. The first kappa shape index (κ1) is 21.7. The van der Waals surface area contributed by atoms with Gasteiger partial charge in [-0.1, -0.05) is 65.3 Å². The third-order valence-electron chi connectivity index (χ3n) is 3.81. The van der Waals surface area contributed by atoms with E-state index in [1.807, 2.05) is 61.7 Å². The van der Waals surface area contributed by atoms with E-state index < -0.39 is 5.60 Å². The van der Waals surface area contributed by atoms with Crippen molar-refractivity contribution in [3.8, 4) is 11.4 Å². The number of thioether (sulfide) groups is 1. The zero-order valence-corrected chi connectivity index (χ0v) is 18.7. The van der Waals surface area contributed by atoms with Gasteiger partial charge in [-0.3, -0.25) is 9.36 Å². The maximum atomic E-state index is 12.1. The maximum Gasteiger partial charge on any atom is 0.316 e. The van der Waals surface area contributed by atoms with Crippen molar-refractivity contribution in [2.45, 2.75) is 38.1 Å². The number of aromatic nitrogens is 3. The standard InChI is InChI=1S/C21H21Cl2N3O2S/c1-21(2,3)28-18(27)13-29-20-25-24-19(16-10-9-15(22)11-17(16)23)26(20)12-14-7-5-4-6-8-14/h4-11H,12-13H2,1-3H3. The second-order valence-corrected chi connectivity index (χ2v) is 9.16. The molecule has 0 bridgehead atoms. The molecule has 5 nitrogen and oxygen atoms in total. The van der Waals surface area contributed by atoms with Crippen molar-refractivity contribution in [3.63, 3.8) is 0 Å². The summed E-state index contributed by atoms with van der Waals surface area (Å²) in [5.74, 6) is 0.448. The molecule has 0 aliphatic rings. The molecular formula is C21H21Cl2N3O2S. The fourth-order valence-electron chi connectivity index (χ4n) is 2.67. The smallest absolute Gasteiger partial charge is 0.316 e. The molecule has 152 valence electrons. The molecule has 0 atom stereocenters. The number of halogens is 2. The van der Waals surface area contributed by atoms with Crippen molar-refractivity contribution in [2.75, 3.05) is 5.75 Å². The SMILES string of the molecule is CC(C)(C)OC(=O)CSc1nnc(-c2ccc(Cl)cc2Cl)n1Cc1ccccc1. The number of benzene rings is 2. The van der Waals surface area contributed by atoms with Gasteiger partial charge in [0, 0.05) is 10.6 Å². The van der Waals surface area contributed by atoms with Crippen LogP contribution in [0.15, 0.2) is 53.7 Å². The van der Waals surface area contributed by atoms with Crippen LogP contribution in [0.3, 0.4) is 0 Å². The molecule has 0 fully saturated rings. The van der Waals surface area contributed by atoms with Crippen LogP contribution >= 0.6 is 35.0 Å². The van der Waals surface area contributed by atoms with Crippen LogP contribution in [0.2, 0.25) is 10.0 Å². The molecule has 0 aliphatic carbocycles. The lowest BCUT2D eigenvalue weighted by atomic mass is 10.2. The lowest BCUT2D eigenvalue weighted by Crippen LogP contribution is -2.25. The molecule has 0 saturated heterocycles. The van der Waals surface area contributed by atoms with Crippen LogP contribution in [0, 0.1) is 0 Å². The number of hydrogen-bond acceptors (Lipinski definition) is 5. The predicted molar refractivity (Wildman–Crippen MR) is 118 cm³/mol. The van der Waals surface area contributed by atoms with Crippen LogP contribution in [0.25, 0.3) is 11.4 Å². The van der Waals surface area contributed by atoms with E-state index in [9.17, 15) is 4.79 Å². The lowest BCUT2D eigenvalue weighted by molar-refractivity contribution is -0.151. The fourth-order valence-corrected chi connectivity index (χ4v) is 3.87. The van der Waals surface area contributed by atoms with E-state index in [4.69, 9.17) is 27.9 Å². The highest BCUT2D eigenvalue weighted by molar-refractivity contribution is 7.99. The molecule has 1 heterocycles. The maximum absolute atomic E-state index is 12.1. The molecule has 8 heteroatoms. The molecule has 0 unspecified atom stereocenters. The van der Waals surface area contributed by atoms with Gasteiger partial charge >= 0.3 is 5.97 Å². The zero-order chi connectivity index (χ0) is 21.0. The van der Waals surface area contributed by atoms with E-state index in [2.05, 4.69) is 10.2 Å². The minimum absolute atomic E-state index is 0.137. The van der Waals surface area contributed by atoms with Crippen molar-refractivity contribution >= 4 is 40.9 Å². The molecule has 29 heavy (non-hydrogen) atoms. The van der Waals surface area contributed by atoms with Gasteiger partial charge in [-0.25, -0.2) is 0 Å². The number of esters is 1. The summed E-state index contributed by atoms with van der Waals surface area (Å²) in [7, 11) is 0.